The van der Waals surface area contributed by atoms with Gasteiger partial charge in [0.25, 0.3) is 0 Å². The predicted octanol–water partition coefficient (Wildman–Crippen LogP) is 1.60. The molecule has 0 aliphatic heterocycles. The molecule has 0 aromatic carbocycles. The van der Waals surface area contributed by atoms with E-state index in [1.54, 1.807) is 11.8 Å². The fourth-order valence-electron chi connectivity index (χ4n) is 0.586. The van der Waals surface area contributed by atoms with E-state index in [9.17, 15) is 4.79 Å². The zero-order valence-corrected chi connectivity index (χ0v) is 7.60. The van der Waals surface area contributed by atoms with E-state index >= 15 is 0 Å². The van der Waals surface area contributed by atoms with Gasteiger partial charge in [0.05, 0.1) is 5.45 Å². The van der Waals surface area contributed by atoms with Crippen LogP contribution in [0.5, 0.6) is 0 Å². The molecule has 0 fully saturated rings. The van der Waals surface area contributed by atoms with Gasteiger partial charge in [-0.1, -0.05) is 15.9 Å². The van der Waals surface area contributed by atoms with E-state index in [4.69, 9.17) is 0 Å². The van der Waals surface area contributed by atoms with E-state index in [1.807, 2.05) is 13.8 Å². The van der Waals surface area contributed by atoms with Gasteiger partial charge in [0.15, 0.2) is 0 Å². The third-order valence-electron chi connectivity index (χ3n) is 1.16. The first-order valence-corrected chi connectivity index (χ1v) is 4.05. The summed E-state index contributed by atoms with van der Waals surface area (Å²) in [4.78, 5) is 12.4. The highest BCUT2D eigenvalue weighted by atomic mass is 79.9. The average molecular weight is 194 g/mol. The number of hydrogen-bond donors (Lipinski definition) is 0. The lowest BCUT2D eigenvalue weighted by Gasteiger charge is -2.21. The summed E-state index contributed by atoms with van der Waals surface area (Å²) in [5.74, 6) is 0.113. The Kier molecular flexibility index (Phi) is 3.86. The summed E-state index contributed by atoms with van der Waals surface area (Å²) in [7, 11) is 0. The quantitative estimate of drug-likeness (QED) is 0.482. The normalized spacial score (nSPS) is 9.89. The van der Waals surface area contributed by atoms with Crippen LogP contribution in [-0.4, -0.2) is 22.3 Å². The summed E-state index contributed by atoms with van der Waals surface area (Å²) in [5.41, 5.74) is 0.625. The molecule has 2 nitrogen and oxygen atoms in total. The maximum absolute atomic E-state index is 10.7. The smallest absolute Gasteiger partial charge is 0.220 e. The molecule has 0 saturated carbocycles. The summed E-state index contributed by atoms with van der Waals surface area (Å²) in [6, 6.07) is 0.293. The van der Waals surface area contributed by atoms with Crippen molar-refractivity contribution in [2.24, 2.45) is 0 Å². The van der Waals surface area contributed by atoms with Crippen LogP contribution in [-0.2, 0) is 4.79 Å². The maximum Gasteiger partial charge on any atom is 0.220 e. The van der Waals surface area contributed by atoms with Gasteiger partial charge >= 0.3 is 0 Å². The van der Waals surface area contributed by atoms with E-state index in [1.165, 1.54) is 0 Å². The van der Waals surface area contributed by atoms with Gasteiger partial charge < -0.3 is 4.90 Å². The Balaban J connectivity index is 3.83. The van der Waals surface area contributed by atoms with Crippen molar-refractivity contribution < 1.29 is 4.79 Å². The molecule has 0 atom stereocenters. The van der Waals surface area contributed by atoms with Gasteiger partial charge in [-0.25, -0.2) is 0 Å². The second-order valence-corrected chi connectivity index (χ2v) is 2.70. The van der Waals surface area contributed by atoms with Crippen LogP contribution in [0.2, 0.25) is 0 Å². The molecule has 0 saturated heterocycles. The third-order valence-corrected chi connectivity index (χ3v) is 1.70. The van der Waals surface area contributed by atoms with Gasteiger partial charge in [0.1, 0.15) is 0 Å². The first-order chi connectivity index (χ1) is 4.09. The Morgan fingerprint density at radius 2 is 2.11 bits per heavy atom. The number of alkyl halides is 1. The van der Waals surface area contributed by atoms with E-state index in [-0.39, 0.29) is 5.91 Å². The molecule has 0 aromatic rings. The Bertz CT molecular complexity index is 103. The van der Waals surface area contributed by atoms with Crippen molar-refractivity contribution in [3.05, 3.63) is 0 Å². The van der Waals surface area contributed by atoms with Crippen molar-refractivity contribution in [3.8, 4) is 0 Å². The number of nitrogens with zero attached hydrogens (tertiary/aromatic N) is 1. The van der Waals surface area contributed by atoms with Crippen LogP contribution in [0.15, 0.2) is 0 Å². The number of carbonyl (C=O) groups excluding carboxylic acids is 1. The van der Waals surface area contributed by atoms with Crippen LogP contribution >= 0.6 is 15.9 Å². The SMILES string of the molecule is CC(=O)N(CBr)C(C)C. The first-order valence-electron chi connectivity index (χ1n) is 2.92. The van der Waals surface area contributed by atoms with Crippen LogP contribution in [0.3, 0.4) is 0 Å². The number of halogens is 1. The molecule has 1 amide bonds. The third kappa shape index (κ3) is 2.84. The zero-order chi connectivity index (χ0) is 7.44. The molecule has 0 spiro atoms. The summed E-state index contributed by atoms with van der Waals surface area (Å²) in [5, 5.41) is 0. The fraction of sp³-hybridized carbons (Fsp3) is 0.833. The Morgan fingerprint density at radius 1 is 1.67 bits per heavy atom. The molecule has 0 aliphatic rings. The monoisotopic (exact) mass is 193 g/mol. The molecule has 54 valence electrons. The van der Waals surface area contributed by atoms with Gasteiger partial charge in [-0.05, 0) is 13.8 Å². The molecule has 3 heteroatoms. The largest absolute Gasteiger partial charge is 0.331 e. The number of rotatable bonds is 2. The fourth-order valence-corrected chi connectivity index (χ4v) is 1.52. The van der Waals surface area contributed by atoms with Crippen molar-refractivity contribution in [2.75, 3.05) is 5.45 Å². The molecule has 0 bridgehead atoms. The van der Waals surface area contributed by atoms with Crippen LogP contribution in [0.1, 0.15) is 20.8 Å². The summed E-state index contributed by atoms with van der Waals surface area (Å²) in [6.07, 6.45) is 0. The van der Waals surface area contributed by atoms with Gasteiger partial charge in [0, 0.05) is 13.0 Å². The van der Waals surface area contributed by atoms with Crippen LogP contribution in [0.25, 0.3) is 0 Å². The Hall–Kier alpha value is -0.0500. The first kappa shape index (κ1) is 8.95. The van der Waals surface area contributed by atoms with Gasteiger partial charge in [-0.2, -0.15) is 0 Å². The van der Waals surface area contributed by atoms with Crippen molar-refractivity contribution >= 4 is 21.8 Å². The maximum atomic E-state index is 10.7. The predicted molar refractivity (Wildman–Crippen MR) is 41.5 cm³/mol. The highest BCUT2D eigenvalue weighted by molar-refractivity contribution is 9.09. The number of hydrogen-bond acceptors (Lipinski definition) is 1. The molecule has 0 unspecified atom stereocenters. The minimum absolute atomic E-state index is 0.113. The minimum Gasteiger partial charge on any atom is -0.331 e. The highest BCUT2D eigenvalue weighted by Crippen LogP contribution is 2.00. The second-order valence-electron chi connectivity index (χ2n) is 2.20. The lowest BCUT2D eigenvalue weighted by atomic mass is 10.3. The number of carbonyl (C=O) groups is 1. The van der Waals surface area contributed by atoms with Gasteiger partial charge in [0.2, 0.25) is 5.91 Å². The standard InChI is InChI=1S/C6H12BrNO/c1-5(2)8(4-7)6(3)9/h5H,4H2,1-3H3. The van der Waals surface area contributed by atoms with Gasteiger partial charge in [-0.15, -0.1) is 0 Å². The summed E-state index contributed by atoms with van der Waals surface area (Å²) < 4.78 is 0. The van der Waals surface area contributed by atoms with E-state index in [0.29, 0.717) is 11.5 Å². The molecule has 0 aromatic heterocycles. The molecular formula is C6H12BrNO. The Labute approximate surface area is 64.4 Å². The molecule has 0 N–H and O–H groups in total. The van der Waals surface area contributed by atoms with Crippen molar-refractivity contribution in [1.82, 2.24) is 4.90 Å². The summed E-state index contributed by atoms with van der Waals surface area (Å²) >= 11 is 3.22. The minimum atomic E-state index is 0.113. The van der Waals surface area contributed by atoms with Crippen LogP contribution in [0.4, 0.5) is 0 Å². The topological polar surface area (TPSA) is 20.3 Å². The van der Waals surface area contributed by atoms with E-state index in [2.05, 4.69) is 15.9 Å². The van der Waals surface area contributed by atoms with E-state index < -0.39 is 0 Å². The lowest BCUT2D eigenvalue weighted by molar-refractivity contribution is -0.129. The molecule has 0 radical (unpaired) electrons. The zero-order valence-electron chi connectivity index (χ0n) is 6.02. The number of amides is 1. The van der Waals surface area contributed by atoms with Crippen LogP contribution in [0, 0.1) is 0 Å². The van der Waals surface area contributed by atoms with Crippen molar-refractivity contribution in [2.45, 2.75) is 26.8 Å². The molecule has 0 rings (SSSR count). The average Bonchev–Trinajstić information content (AvgIpc) is 1.64. The van der Waals surface area contributed by atoms with Crippen LogP contribution < -0.4 is 0 Å². The summed E-state index contributed by atoms with van der Waals surface area (Å²) in [6.45, 7) is 5.55. The van der Waals surface area contributed by atoms with E-state index in [0.717, 1.165) is 0 Å². The van der Waals surface area contributed by atoms with Gasteiger partial charge in [-0.3, -0.25) is 4.79 Å². The Morgan fingerprint density at radius 3 is 2.11 bits per heavy atom. The lowest BCUT2D eigenvalue weighted by Crippen LogP contribution is -2.33. The van der Waals surface area contributed by atoms with Crippen molar-refractivity contribution in [3.63, 3.8) is 0 Å². The highest BCUT2D eigenvalue weighted by Gasteiger charge is 2.08. The molecular weight excluding hydrogens is 182 g/mol. The molecule has 9 heavy (non-hydrogen) atoms. The molecule has 0 aliphatic carbocycles. The molecule has 0 heterocycles. The van der Waals surface area contributed by atoms with Crippen molar-refractivity contribution in [1.29, 1.82) is 0 Å². The second kappa shape index (κ2) is 3.88.